The van der Waals surface area contributed by atoms with Gasteiger partial charge in [-0.15, -0.1) is 0 Å². The highest BCUT2D eigenvalue weighted by atomic mass is 16.2. The smallest absolute Gasteiger partial charge is 0.261 e. The number of aryl methyl sites for hydroxylation is 1. The third-order valence-corrected chi connectivity index (χ3v) is 5.91. The van der Waals surface area contributed by atoms with Crippen LogP contribution in [-0.2, 0) is 11.3 Å². The average Bonchev–Trinajstić information content (AvgIpc) is 3.48. The molecule has 4 rings (SSSR count). The molecule has 0 unspecified atom stereocenters. The van der Waals surface area contributed by atoms with Crippen molar-refractivity contribution >= 4 is 16.8 Å². The fourth-order valence-corrected chi connectivity index (χ4v) is 4.19. The third-order valence-electron chi connectivity index (χ3n) is 5.91. The summed E-state index contributed by atoms with van der Waals surface area (Å²) in [6, 6.07) is 8.19. The highest BCUT2D eigenvalue weighted by Crippen LogP contribution is 2.35. The molecule has 1 aromatic heterocycles. The molecule has 0 radical (unpaired) electrons. The molecule has 1 amide bonds. The molecule has 2 aliphatic carbocycles. The summed E-state index contributed by atoms with van der Waals surface area (Å²) in [5.74, 6) is 0.983. The van der Waals surface area contributed by atoms with Crippen molar-refractivity contribution < 1.29 is 4.79 Å². The molecular formula is C21H27N3O2. The quantitative estimate of drug-likeness (QED) is 0.828. The molecule has 26 heavy (non-hydrogen) atoms. The summed E-state index contributed by atoms with van der Waals surface area (Å²) in [6.07, 6.45) is 8.90. The molecule has 1 heterocycles. The van der Waals surface area contributed by atoms with Crippen molar-refractivity contribution in [2.24, 2.45) is 5.92 Å². The number of benzene rings is 1. The molecule has 2 aromatic rings. The van der Waals surface area contributed by atoms with Crippen molar-refractivity contribution in [1.29, 1.82) is 0 Å². The van der Waals surface area contributed by atoms with Gasteiger partial charge in [-0.25, -0.2) is 4.98 Å². The molecule has 5 nitrogen and oxygen atoms in total. The number of carbonyl (C=O) groups excluding carboxylic acids is 1. The fraction of sp³-hybridized carbons (Fsp3) is 0.571. The molecule has 1 aromatic carbocycles. The minimum Gasteiger partial charge on any atom is -0.337 e. The van der Waals surface area contributed by atoms with Crippen LogP contribution in [-0.4, -0.2) is 32.4 Å². The zero-order chi connectivity index (χ0) is 18.1. The van der Waals surface area contributed by atoms with Gasteiger partial charge in [0.05, 0.1) is 17.2 Å². The summed E-state index contributed by atoms with van der Waals surface area (Å²) >= 11 is 0. The Kier molecular flexibility index (Phi) is 4.79. The maximum absolute atomic E-state index is 12.9. The van der Waals surface area contributed by atoms with Crippen molar-refractivity contribution in [3.63, 3.8) is 0 Å². The van der Waals surface area contributed by atoms with E-state index >= 15 is 0 Å². The van der Waals surface area contributed by atoms with Crippen LogP contribution in [0.25, 0.3) is 10.9 Å². The normalized spacial score (nSPS) is 23.1. The van der Waals surface area contributed by atoms with Crippen LogP contribution in [0.15, 0.2) is 35.4 Å². The highest BCUT2D eigenvalue weighted by Gasteiger charge is 2.38. The number of para-hydroxylation sites is 1. The predicted octanol–water partition coefficient (Wildman–Crippen LogP) is 3.36. The van der Waals surface area contributed by atoms with E-state index in [-0.39, 0.29) is 11.5 Å². The second-order valence-corrected chi connectivity index (χ2v) is 7.96. The van der Waals surface area contributed by atoms with E-state index in [1.165, 1.54) is 12.8 Å². The van der Waals surface area contributed by atoms with Crippen LogP contribution < -0.4 is 5.56 Å². The molecule has 5 heteroatoms. The first-order valence-electron chi connectivity index (χ1n) is 9.89. The van der Waals surface area contributed by atoms with Crippen molar-refractivity contribution in [2.45, 2.75) is 70.5 Å². The lowest BCUT2D eigenvalue weighted by Crippen LogP contribution is -2.44. The highest BCUT2D eigenvalue weighted by molar-refractivity contribution is 5.78. The maximum Gasteiger partial charge on any atom is 0.261 e. The first kappa shape index (κ1) is 17.3. The third kappa shape index (κ3) is 3.53. The first-order valence-corrected chi connectivity index (χ1v) is 9.89. The minimum atomic E-state index is -0.0622. The molecule has 0 saturated heterocycles. The van der Waals surface area contributed by atoms with E-state index in [2.05, 4.69) is 16.8 Å². The topological polar surface area (TPSA) is 55.2 Å². The van der Waals surface area contributed by atoms with E-state index in [9.17, 15) is 9.59 Å². The Morgan fingerprint density at radius 1 is 1.12 bits per heavy atom. The monoisotopic (exact) mass is 353 g/mol. The van der Waals surface area contributed by atoms with Gasteiger partial charge in [0.1, 0.15) is 0 Å². The van der Waals surface area contributed by atoms with Gasteiger partial charge in [-0.05, 0) is 56.6 Å². The van der Waals surface area contributed by atoms with E-state index in [0.717, 1.165) is 31.6 Å². The number of nitrogens with zero attached hydrogens (tertiary/aromatic N) is 3. The van der Waals surface area contributed by atoms with E-state index < -0.39 is 0 Å². The maximum atomic E-state index is 12.9. The number of fused-ring (bicyclic) bond motifs is 1. The van der Waals surface area contributed by atoms with Gasteiger partial charge in [-0.3, -0.25) is 14.2 Å². The summed E-state index contributed by atoms with van der Waals surface area (Å²) in [6.45, 7) is 2.71. The molecular weight excluding hydrogens is 326 g/mol. The van der Waals surface area contributed by atoms with Gasteiger partial charge in [-0.1, -0.05) is 19.1 Å². The second kappa shape index (κ2) is 7.22. The van der Waals surface area contributed by atoms with Gasteiger partial charge < -0.3 is 4.90 Å². The summed E-state index contributed by atoms with van der Waals surface area (Å²) < 4.78 is 1.58. The van der Waals surface area contributed by atoms with Gasteiger partial charge >= 0.3 is 0 Å². The molecule has 0 N–H and O–H groups in total. The Balaban J connectivity index is 1.45. The molecule has 2 aliphatic rings. The zero-order valence-corrected chi connectivity index (χ0v) is 15.4. The standard InChI is InChI=1S/C21H27N3O2/c1-15-6-8-16(9-7-15)24(17-10-11-17)20(25)12-13-23-14-22-19-5-3-2-4-18(19)21(23)26/h2-5,14-17H,6-13H2,1H3. The zero-order valence-electron chi connectivity index (χ0n) is 15.4. The Hall–Kier alpha value is -2.17. The van der Waals surface area contributed by atoms with Crippen LogP contribution in [0, 0.1) is 5.92 Å². The molecule has 2 saturated carbocycles. The van der Waals surface area contributed by atoms with E-state index in [1.54, 1.807) is 17.0 Å². The lowest BCUT2D eigenvalue weighted by molar-refractivity contribution is -0.135. The van der Waals surface area contributed by atoms with Crippen molar-refractivity contribution in [3.8, 4) is 0 Å². The van der Waals surface area contributed by atoms with Gasteiger partial charge in [0, 0.05) is 25.0 Å². The van der Waals surface area contributed by atoms with Crippen molar-refractivity contribution in [3.05, 3.63) is 40.9 Å². The number of amides is 1. The Bertz CT molecular complexity index is 848. The first-order chi connectivity index (χ1) is 12.6. The number of aromatic nitrogens is 2. The number of hydrogen-bond donors (Lipinski definition) is 0. The van der Waals surface area contributed by atoms with Crippen molar-refractivity contribution in [2.75, 3.05) is 0 Å². The summed E-state index contributed by atoms with van der Waals surface area (Å²) in [4.78, 5) is 32.0. The number of rotatable bonds is 5. The Morgan fingerprint density at radius 2 is 1.77 bits per heavy atom. The van der Waals surface area contributed by atoms with Crippen LogP contribution in [0.3, 0.4) is 0 Å². The van der Waals surface area contributed by atoms with Gasteiger partial charge in [0.15, 0.2) is 0 Å². The van der Waals surface area contributed by atoms with E-state index in [0.29, 0.717) is 36.0 Å². The fourth-order valence-electron chi connectivity index (χ4n) is 4.19. The Morgan fingerprint density at radius 3 is 2.46 bits per heavy atom. The number of hydrogen-bond acceptors (Lipinski definition) is 3. The van der Waals surface area contributed by atoms with Crippen LogP contribution >= 0.6 is 0 Å². The summed E-state index contributed by atoms with van der Waals surface area (Å²) in [5, 5.41) is 0.614. The van der Waals surface area contributed by atoms with Crippen LogP contribution in [0.1, 0.15) is 51.9 Å². The van der Waals surface area contributed by atoms with Crippen LogP contribution in [0.4, 0.5) is 0 Å². The second-order valence-electron chi connectivity index (χ2n) is 7.96. The van der Waals surface area contributed by atoms with Crippen LogP contribution in [0.2, 0.25) is 0 Å². The molecule has 0 bridgehead atoms. The van der Waals surface area contributed by atoms with Crippen molar-refractivity contribution in [1.82, 2.24) is 14.5 Å². The van der Waals surface area contributed by atoms with Crippen LogP contribution in [0.5, 0.6) is 0 Å². The van der Waals surface area contributed by atoms with Gasteiger partial charge in [0.25, 0.3) is 5.56 Å². The minimum absolute atomic E-state index is 0.0622. The molecule has 138 valence electrons. The largest absolute Gasteiger partial charge is 0.337 e. The molecule has 0 aliphatic heterocycles. The summed E-state index contributed by atoms with van der Waals surface area (Å²) in [5.41, 5.74) is 0.642. The predicted molar refractivity (Wildman–Crippen MR) is 102 cm³/mol. The number of carbonyl (C=O) groups is 1. The van der Waals surface area contributed by atoms with E-state index in [1.807, 2.05) is 18.2 Å². The molecule has 0 atom stereocenters. The lowest BCUT2D eigenvalue weighted by atomic mass is 9.86. The van der Waals surface area contributed by atoms with E-state index in [4.69, 9.17) is 0 Å². The van der Waals surface area contributed by atoms with Gasteiger partial charge in [-0.2, -0.15) is 0 Å². The Labute approximate surface area is 154 Å². The molecule has 2 fully saturated rings. The average molecular weight is 353 g/mol. The lowest BCUT2D eigenvalue weighted by Gasteiger charge is -2.36. The molecule has 0 spiro atoms. The summed E-state index contributed by atoms with van der Waals surface area (Å²) in [7, 11) is 0. The van der Waals surface area contributed by atoms with Gasteiger partial charge in [0.2, 0.25) is 5.91 Å². The SMILES string of the molecule is CC1CCC(N(C(=O)CCn2cnc3ccccc3c2=O)C2CC2)CC1.